The normalized spacial score (nSPS) is 18.6. The molecule has 4 nitrogen and oxygen atoms in total. The quantitative estimate of drug-likeness (QED) is 0.583. The lowest BCUT2D eigenvalue weighted by atomic mass is 9.78. The van der Waals surface area contributed by atoms with Gasteiger partial charge in [0.1, 0.15) is 0 Å². The summed E-state index contributed by atoms with van der Waals surface area (Å²) < 4.78 is 0. The highest BCUT2D eigenvalue weighted by atomic mass is 32.1. The smallest absolute Gasteiger partial charge is 0.235 e. The first kappa shape index (κ1) is 17.4. The molecular weight excluding hydrogens is 272 g/mol. The van der Waals surface area contributed by atoms with Crippen molar-refractivity contribution < 1.29 is 9.90 Å². The fourth-order valence-corrected chi connectivity index (χ4v) is 3.30. The van der Waals surface area contributed by atoms with Crippen LogP contribution in [0.15, 0.2) is 0 Å². The minimum Gasteiger partial charge on any atom is -0.396 e. The maximum Gasteiger partial charge on any atom is 0.235 e. The summed E-state index contributed by atoms with van der Waals surface area (Å²) in [6.07, 6.45) is 6.44. The molecule has 20 heavy (non-hydrogen) atoms. The Kier molecular flexibility index (Phi) is 6.89. The van der Waals surface area contributed by atoms with Crippen molar-refractivity contribution in [3.63, 3.8) is 0 Å². The number of hydrogen-bond acceptors (Lipinski definition) is 3. The molecule has 1 aliphatic carbocycles. The zero-order valence-electron chi connectivity index (χ0n) is 12.7. The summed E-state index contributed by atoms with van der Waals surface area (Å²) in [6, 6.07) is 0.100. The van der Waals surface area contributed by atoms with Crippen molar-refractivity contribution in [3.8, 4) is 0 Å². The highest BCUT2D eigenvalue weighted by molar-refractivity contribution is 7.80. The van der Waals surface area contributed by atoms with Crippen molar-refractivity contribution in [2.24, 2.45) is 11.1 Å². The first-order chi connectivity index (χ1) is 9.45. The second kappa shape index (κ2) is 7.93. The standard InChI is InChI=1S/C15H28N2O2S/c1-12(2)17(10-7-11-18)14(19)15(13(16)20)8-5-3-4-6-9-15/h12,18H,3-11H2,1-2H3,(H2,16,20). The van der Waals surface area contributed by atoms with Gasteiger partial charge < -0.3 is 15.7 Å². The average molecular weight is 300 g/mol. The Balaban J connectivity index is 2.98. The Bertz CT molecular complexity index is 337. The first-order valence-electron chi connectivity index (χ1n) is 7.67. The number of aliphatic hydroxyl groups excluding tert-OH is 1. The molecule has 3 N–H and O–H groups in total. The Labute approximate surface area is 127 Å². The van der Waals surface area contributed by atoms with Gasteiger partial charge in [0.15, 0.2) is 0 Å². The van der Waals surface area contributed by atoms with Crippen LogP contribution in [0.5, 0.6) is 0 Å². The summed E-state index contributed by atoms with van der Waals surface area (Å²) in [5.41, 5.74) is 5.31. The molecule has 1 aliphatic rings. The van der Waals surface area contributed by atoms with Crippen LogP contribution in [-0.2, 0) is 4.79 Å². The Morgan fingerprint density at radius 3 is 2.25 bits per heavy atom. The Hall–Kier alpha value is -0.680. The molecule has 1 amide bonds. The molecule has 0 aliphatic heterocycles. The van der Waals surface area contributed by atoms with Crippen LogP contribution in [0, 0.1) is 5.41 Å². The van der Waals surface area contributed by atoms with Gasteiger partial charge in [-0.15, -0.1) is 0 Å². The molecule has 0 radical (unpaired) electrons. The van der Waals surface area contributed by atoms with Gasteiger partial charge in [-0.1, -0.05) is 37.9 Å². The number of amides is 1. The number of rotatable bonds is 6. The van der Waals surface area contributed by atoms with E-state index in [9.17, 15) is 4.79 Å². The highest BCUT2D eigenvalue weighted by Gasteiger charge is 2.44. The van der Waals surface area contributed by atoms with E-state index in [1.54, 1.807) is 0 Å². The van der Waals surface area contributed by atoms with Gasteiger partial charge in [0.25, 0.3) is 0 Å². The van der Waals surface area contributed by atoms with Crippen LogP contribution in [0.4, 0.5) is 0 Å². The molecule has 0 aromatic rings. The molecule has 5 heteroatoms. The number of aliphatic hydroxyl groups is 1. The van der Waals surface area contributed by atoms with Gasteiger partial charge in [0.05, 0.1) is 10.4 Å². The number of thiocarbonyl (C=S) groups is 1. The zero-order valence-corrected chi connectivity index (χ0v) is 13.5. The molecular formula is C15H28N2O2S. The third kappa shape index (κ3) is 3.92. The molecule has 0 aromatic heterocycles. The first-order valence-corrected chi connectivity index (χ1v) is 8.08. The molecule has 0 spiro atoms. The molecule has 0 unspecified atom stereocenters. The van der Waals surface area contributed by atoms with Crippen molar-refractivity contribution in [1.29, 1.82) is 0 Å². The Morgan fingerprint density at radius 2 is 1.85 bits per heavy atom. The maximum atomic E-state index is 13.0. The van der Waals surface area contributed by atoms with Crippen molar-refractivity contribution >= 4 is 23.1 Å². The molecule has 0 atom stereocenters. The minimum absolute atomic E-state index is 0.0651. The number of hydrogen-bond donors (Lipinski definition) is 2. The summed E-state index contributed by atoms with van der Waals surface area (Å²) in [5, 5.41) is 9.02. The fourth-order valence-electron chi connectivity index (χ4n) is 3.01. The molecule has 0 saturated heterocycles. The average Bonchev–Trinajstić information content (AvgIpc) is 2.65. The van der Waals surface area contributed by atoms with Crippen LogP contribution >= 0.6 is 12.2 Å². The van der Waals surface area contributed by atoms with E-state index >= 15 is 0 Å². The molecule has 0 aromatic carbocycles. The predicted octanol–water partition coefficient (Wildman–Crippen LogP) is 2.23. The zero-order chi connectivity index (χ0) is 15.2. The molecule has 1 rings (SSSR count). The predicted molar refractivity (Wildman–Crippen MR) is 85.5 cm³/mol. The molecule has 0 bridgehead atoms. The van der Waals surface area contributed by atoms with Crippen LogP contribution in [0.1, 0.15) is 58.8 Å². The summed E-state index contributed by atoms with van der Waals surface area (Å²) in [4.78, 5) is 15.2. The largest absolute Gasteiger partial charge is 0.396 e. The van der Waals surface area contributed by atoms with Gasteiger partial charge in [-0.05, 0) is 33.1 Å². The van der Waals surface area contributed by atoms with Gasteiger partial charge in [0, 0.05) is 19.2 Å². The maximum absolute atomic E-state index is 13.0. The second-order valence-electron chi connectivity index (χ2n) is 6.03. The van der Waals surface area contributed by atoms with Gasteiger partial charge in [0.2, 0.25) is 5.91 Å². The van der Waals surface area contributed by atoms with Crippen LogP contribution in [0.3, 0.4) is 0 Å². The van der Waals surface area contributed by atoms with E-state index in [4.69, 9.17) is 23.1 Å². The Morgan fingerprint density at radius 1 is 1.30 bits per heavy atom. The number of nitrogens with two attached hydrogens (primary N) is 1. The van der Waals surface area contributed by atoms with E-state index in [0.29, 0.717) is 18.0 Å². The van der Waals surface area contributed by atoms with Crippen LogP contribution in [0.25, 0.3) is 0 Å². The number of nitrogens with zero attached hydrogens (tertiary/aromatic N) is 1. The summed E-state index contributed by atoms with van der Waals surface area (Å²) in [5.74, 6) is 0.0651. The van der Waals surface area contributed by atoms with Crippen molar-refractivity contribution in [3.05, 3.63) is 0 Å². The summed E-state index contributed by atoms with van der Waals surface area (Å²) in [7, 11) is 0. The summed E-state index contributed by atoms with van der Waals surface area (Å²) >= 11 is 5.26. The lowest BCUT2D eigenvalue weighted by Gasteiger charge is -2.38. The lowest BCUT2D eigenvalue weighted by molar-refractivity contribution is -0.141. The van der Waals surface area contributed by atoms with Crippen LogP contribution in [0.2, 0.25) is 0 Å². The van der Waals surface area contributed by atoms with Crippen molar-refractivity contribution in [1.82, 2.24) is 4.90 Å². The van der Waals surface area contributed by atoms with Crippen LogP contribution in [-0.4, -0.2) is 40.1 Å². The van der Waals surface area contributed by atoms with E-state index < -0.39 is 5.41 Å². The van der Waals surface area contributed by atoms with Gasteiger partial charge in [-0.2, -0.15) is 0 Å². The van der Waals surface area contributed by atoms with E-state index in [1.807, 2.05) is 18.7 Å². The molecule has 0 heterocycles. The topological polar surface area (TPSA) is 66.6 Å². The minimum atomic E-state index is -0.661. The van der Waals surface area contributed by atoms with Gasteiger partial charge >= 0.3 is 0 Å². The van der Waals surface area contributed by atoms with Crippen LogP contribution < -0.4 is 5.73 Å². The number of carbonyl (C=O) groups excluding carboxylic acids is 1. The van der Waals surface area contributed by atoms with Gasteiger partial charge in [-0.25, -0.2) is 0 Å². The molecule has 1 fully saturated rings. The molecule has 1 saturated carbocycles. The second-order valence-corrected chi connectivity index (χ2v) is 6.47. The third-order valence-electron chi connectivity index (χ3n) is 4.28. The van der Waals surface area contributed by atoms with Gasteiger partial charge in [-0.3, -0.25) is 4.79 Å². The summed E-state index contributed by atoms with van der Waals surface area (Å²) in [6.45, 7) is 4.66. The monoisotopic (exact) mass is 300 g/mol. The van der Waals surface area contributed by atoms with E-state index in [-0.39, 0.29) is 18.6 Å². The fraction of sp³-hybridized carbons (Fsp3) is 0.867. The highest BCUT2D eigenvalue weighted by Crippen LogP contribution is 2.37. The molecule has 116 valence electrons. The SMILES string of the molecule is CC(C)N(CCCO)C(=O)C1(C(N)=S)CCCCCC1. The van der Waals surface area contributed by atoms with Crippen molar-refractivity contribution in [2.45, 2.75) is 64.8 Å². The third-order valence-corrected chi connectivity index (χ3v) is 4.67. The van der Waals surface area contributed by atoms with E-state index in [1.165, 1.54) is 0 Å². The van der Waals surface area contributed by atoms with E-state index in [2.05, 4.69) is 0 Å². The van der Waals surface area contributed by atoms with Crippen molar-refractivity contribution in [2.75, 3.05) is 13.2 Å². The van der Waals surface area contributed by atoms with E-state index in [0.717, 1.165) is 38.5 Å². The number of carbonyl (C=O) groups is 1. The lowest BCUT2D eigenvalue weighted by Crippen LogP contribution is -2.52.